The maximum Gasteiger partial charge on any atom is 0.335 e. The van der Waals surface area contributed by atoms with Gasteiger partial charge in [0.2, 0.25) is 0 Å². The molecule has 1 aromatic rings. The minimum Gasteiger partial charge on any atom is -0.495 e. The molecule has 0 saturated heterocycles. The van der Waals surface area contributed by atoms with Crippen LogP contribution >= 0.6 is 0 Å². The first-order valence-electron chi connectivity index (χ1n) is 3.76. The minimum absolute atomic E-state index is 0.223. The van der Waals surface area contributed by atoms with Crippen molar-refractivity contribution in [1.82, 2.24) is 0 Å². The number of methoxy groups -OCH3 is 2. The smallest absolute Gasteiger partial charge is 0.335 e. The van der Waals surface area contributed by atoms with Crippen LogP contribution in [-0.2, 0) is 10.2 Å². The fraction of sp³-hybridized carbons (Fsp3) is 0.250. The van der Waals surface area contributed by atoms with Crippen LogP contribution in [-0.4, -0.2) is 22.6 Å². The Hall–Kier alpha value is -1.37. The minimum atomic E-state index is -5.01. The Morgan fingerprint density at radius 3 is 2.07 bits per heavy atom. The van der Waals surface area contributed by atoms with Gasteiger partial charge in [0.25, 0.3) is 0 Å². The molecule has 0 N–H and O–H groups in total. The van der Waals surface area contributed by atoms with E-state index >= 15 is 0 Å². The molecule has 0 spiro atoms. The molecule has 0 atom stereocenters. The van der Waals surface area contributed by atoms with Crippen molar-refractivity contribution >= 4 is 10.2 Å². The van der Waals surface area contributed by atoms with Crippen molar-refractivity contribution in [3.63, 3.8) is 0 Å². The molecule has 0 unspecified atom stereocenters. The van der Waals surface area contributed by atoms with Crippen molar-refractivity contribution in [2.24, 2.45) is 0 Å². The first-order valence-corrected chi connectivity index (χ1v) is 5.14. The van der Waals surface area contributed by atoms with Gasteiger partial charge in [-0.25, -0.2) is 4.39 Å². The van der Waals surface area contributed by atoms with E-state index in [1.165, 1.54) is 7.11 Å². The van der Waals surface area contributed by atoms with Gasteiger partial charge < -0.3 is 9.47 Å². The molecule has 0 aliphatic rings. The van der Waals surface area contributed by atoms with Crippen molar-refractivity contribution in [2.75, 3.05) is 14.2 Å². The zero-order valence-electron chi connectivity index (χ0n) is 7.95. The predicted molar refractivity (Wildman–Crippen MR) is 47.8 cm³/mol. The van der Waals surface area contributed by atoms with E-state index in [1.807, 2.05) is 0 Å². The summed E-state index contributed by atoms with van der Waals surface area (Å²) < 4.78 is 56.2. The van der Waals surface area contributed by atoms with Gasteiger partial charge in [0.15, 0.2) is 11.6 Å². The van der Waals surface area contributed by atoms with Gasteiger partial charge in [-0.2, -0.15) is 8.42 Å². The molecular weight excluding hydrogens is 230 g/mol. The molecule has 15 heavy (non-hydrogen) atoms. The van der Waals surface area contributed by atoms with Crippen LogP contribution in [0, 0.1) is 5.82 Å². The Morgan fingerprint density at radius 1 is 1.13 bits per heavy atom. The number of halogens is 2. The molecule has 1 rings (SSSR count). The average Bonchev–Trinajstić information content (AvgIpc) is 2.16. The molecule has 0 heterocycles. The number of ether oxygens (including phenoxy) is 2. The summed E-state index contributed by atoms with van der Waals surface area (Å²) in [6.45, 7) is 0. The molecule has 0 saturated carbocycles. The van der Waals surface area contributed by atoms with Crippen LogP contribution in [0.25, 0.3) is 0 Å². The fourth-order valence-electron chi connectivity index (χ4n) is 1.02. The van der Waals surface area contributed by atoms with Gasteiger partial charge in [0.05, 0.1) is 14.2 Å². The molecule has 84 valence electrons. The molecule has 0 fully saturated rings. The van der Waals surface area contributed by atoms with E-state index in [-0.39, 0.29) is 11.5 Å². The predicted octanol–water partition coefficient (Wildman–Crippen LogP) is 1.50. The zero-order valence-corrected chi connectivity index (χ0v) is 8.77. The highest BCUT2D eigenvalue weighted by molar-refractivity contribution is 7.86. The SMILES string of the molecule is COc1cc(OC)c(S(=O)(=O)F)cc1F. The van der Waals surface area contributed by atoms with E-state index in [0.29, 0.717) is 6.07 Å². The molecule has 0 amide bonds. The third-order valence-corrected chi connectivity index (χ3v) is 2.55. The largest absolute Gasteiger partial charge is 0.495 e. The molecule has 0 aliphatic carbocycles. The molecular formula is C8H8F2O4S. The zero-order chi connectivity index (χ0) is 11.6. The summed E-state index contributed by atoms with van der Waals surface area (Å²) in [6.07, 6.45) is 0. The van der Waals surface area contributed by atoms with E-state index in [1.54, 1.807) is 0 Å². The number of rotatable bonds is 3. The quantitative estimate of drug-likeness (QED) is 0.749. The normalized spacial score (nSPS) is 11.2. The average molecular weight is 238 g/mol. The second-order valence-corrected chi connectivity index (χ2v) is 3.89. The molecule has 0 bridgehead atoms. The van der Waals surface area contributed by atoms with Gasteiger partial charge in [0.1, 0.15) is 10.6 Å². The van der Waals surface area contributed by atoms with E-state index in [4.69, 9.17) is 0 Å². The standard InChI is InChI=1S/C8H8F2O4S/c1-13-6-4-7(14-2)8(3-5(6)9)15(10,11)12/h3-4H,1-2H3. The topological polar surface area (TPSA) is 52.6 Å². The number of hydrogen-bond donors (Lipinski definition) is 0. The first kappa shape index (κ1) is 11.7. The summed E-state index contributed by atoms with van der Waals surface area (Å²) in [5, 5.41) is 0. The van der Waals surface area contributed by atoms with E-state index in [9.17, 15) is 16.7 Å². The number of hydrogen-bond acceptors (Lipinski definition) is 4. The fourth-order valence-corrected chi connectivity index (χ4v) is 1.65. The second kappa shape index (κ2) is 4.01. The summed E-state index contributed by atoms with van der Waals surface area (Å²) >= 11 is 0. The van der Waals surface area contributed by atoms with E-state index in [2.05, 4.69) is 9.47 Å². The molecule has 4 nitrogen and oxygen atoms in total. The van der Waals surface area contributed by atoms with Crippen molar-refractivity contribution in [3.8, 4) is 11.5 Å². The molecule has 0 radical (unpaired) electrons. The van der Waals surface area contributed by atoms with Crippen molar-refractivity contribution in [2.45, 2.75) is 4.90 Å². The molecule has 0 aliphatic heterocycles. The Morgan fingerprint density at radius 2 is 1.67 bits per heavy atom. The van der Waals surface area contributed by atoms with Crippen LogP contribution in [0.15, 0.2) is 17.0 Å². The summed E-state index contributed by atoms with van der Waals surface area (Å²) in [5.41, 5.74) is 0. The Bertz CT molecular complexity index is 470. The van der Waals surface area contributed by atoms with Crippen molar-refractivity contribution < 1.29 is 26.2 Å². The molecule has 1 aromatic carbocycles. The Kier molecular flexibility index (Phi) is 3.13. The van der Waals surface area contributed by atoms with Crippen LogP contribution in [0.2, 0.25) is 0 Å². The Labute approximate surface area is 85.6 Å². The van der Waals surface area contributed by atoms with Gasteiger partial charge >= 0.3 is 10.2 Å². The molecule has 0 aromatic heterocycles. The number of benzene rings is 1. The van der Waals surface area contributed by atoms with Crippen LogP contribution in [0.5, 0.6) is 11.5 Å². The maximum absolute atomic E-state index is 13.1. The summed E-state index contributed by atoms with van der Waals surface area (Å²) in [7, 11) is -2.68. The van der Waals surface area contributed by atoms with Gasteiger partial charge in [-0.1, -0.05) is 0 Å². The Balaban J connectivity index is 3.48. The maximum atomic E-state index is 13.1. The molecule has 7 heteroatoms. The van der Waals surface area contributed by atoms with Crippen LogP contribution < -0.4 is 9.47 Å². The highest BCUT2D eigenvalue weighted by Gasteiger charge is 2.21. The highest BCUT2D eigenvalue weighted by Crippen LogP contribution is 2.31. The van der Waals surface area contributed by atoms with E-state index < -0.39 is 20.9 Å². The van der Waals surface area contributed by atoms with Crippen molar-refractivity contribution in [3.05, 3.63) is 17.9 Å². The van der Waals surface area contributed by atoms with Crippen LogP contribution in [0.4, 0.5) is 8.28 Å². The lowest BCUT2D eigenvalue weighted by Gasteiger charge is -2.08. The summed E-state index contributed by atoms with van der Waals surface area (Å²) in [6, 6.07) is 1.47. The van der Waals surface area contributed by atoms with Gasteiger partial charge in [-0.15, -0.1) is 3.89 Å². The lowest BCUT2D eigenvalue weighted by Crippen LogP contribution is -2.00. The third kappa shape index (κ3) is 2.35. The van der Waals surface area contributed by atoms with Crippen LogP contribution in [0.1, 0.15) is 0 Å². The van der Waals surface area contributed by atoms with Gasteiger partial charge in [-0.05, 0) is 0 Å². The first-order chi connectivity index (χ1) is 6.90. The highest BCUT2D eigenvalue weighted by atomic mass is 32.3. The monoisotopic (exact) mass is 238 g/mol. The second-order valence-electron chi connectivity index (χ2n) is 2.58. The van der Waals surface area contributed by atoms with Gasteiger partial charge in [-0.3, -0.25) is 0 Å². The van der Waals surface area contributed by atoms with Gasteiger partial charge in [0, 0.05) is 12.1 Å². The van der Waals surface area contributed by atoms with E-state index in [0.717, 1.165) is 13.2 Å². The van der Waals surface area contributed by atoms with Crippen LogP contribution in [0.3, 0.4) is 0 Å². The lowest BCUT2D eigenvalue weighted by molar-refractivity contribution is 0.367. The lowest BCUT2D eigenvalue weighted by atomic mass is 10.3. The summed E-state index contributed by atoms with van der Waals surface area (Å²) in [4.78, 5) is -0.858. The van der Waals surface area contributed by atoms with Crippen molar-refractivity contribution in [1.29, 1.82) is 0 Å². The summed E-state index contributed by atoms with van der Waals surface area (Å²) in [5.74, 6) is -1.51. The third-order valence-electron chi connectivity index (χ3n) is 1.70.